The monoisotopic (exact) mass is 303 g/mol. The summed E-state index contributed by atoms with van der Waals surface area (Å²) in [6.45, 7) is 4.05. The third-order valence-corrected chi connectivity index (χ3v) is 3.22. The fraction of sp³-hybridized carbons (Fsp3) is 0.182. The Morgan fingerprint density at radius 1 is 1.50 bits per heavy atom. The van der Waals surface area contributed by atoms with E-state index in [1.54, 1.807) is 6.08 Å². The van der Waals surface area contributed by atoms with Crippen LogP contribution in [0, 0.1) is 0 Å². The first-order valence-electron chi connectivity index (χ1n) is 4.15. The van der Waals surface area contributed by atoms with Crippen LogP contribution in [0.3, 0.4) is 0 Å². The molecule has 0 spiro atoms. The molecule has 1 aromatic carbocycles. The summed E-state index contributed by atoms with van der Waals surface area (Å²) in [6, 6.07) is 7.25. The van der Waals surface area contributed by atoms with E-state index in [9.17, 15) is 4.79 Å². The molecule has 0 aliphatic heterocycles. The molecule has 0 heterocycles. The van der Waals surface area contributed by atoms with Crippen molar-refractivity contribution < 1.29 is 30.7 Å². The van der Waals surface area contributed by atoms with E-state index in [-0.39, 0.29) is 25.0 Å². The molecule has 2 nitrogen and oxygen atoms in total. The van der Waals surface area contributed by atoms with Crippen LogP contribution in [-0.2, 0) is 0 Å². The maximum absolute atomic E-state index is 11.3. The molecule has 1 rings (SSSR count). The second-order valence-corrected chi connectivity index (χ2v) is 4.65. The molecule has 0 saturated carbocycles. The Hall–Kier alpha value is -0.840. The Morgan fingerprint density at radius 3 is 2.64 bits per heavy atom. The zero-order valence-electron chi connectivity index (χ0n) is 8.00. The summed E-state index contributed by atoms with van der Waals surface area (Å²) in [7, 11) is 0. The Kier molecular flexibility index (Phi) is 4.65. The minimum absolute atomic E-state index is 0.263. The van der Waals surface area contributed by atoms with Gasteiger partial charge >= 0.3 is 94.3 Å². The zero-order chi connectivity index (χ0) is 10.4. The predicted molar refractivity (Wildman–Crippen MR) is 52.4 cm³/mol. The number of rotatable bonds is 5. The van der Waals surface area contributed by atoms with Crippen molar-refractivity contribution in [2.24, 2.45) is 0 Å². The van der Waals surface area contributed by atoms with Gasteiger partial charge < -0.3 is 0 Å². The Morgan fingerprint density at radius 2 is 2.14 bits per heavy atom. The van der Waals surface area contributed by atoms with Crippen LogP contribution in [-0.4, -0.2) is 15.3 Å². The SMILES string of the molecule is C=CCOc1ccc(C(=O)[I-]C)cc1. The van der Waals surface area contributed by atoms with Crippen molar-refractivity contribution in [1.82, 2.24) is 0 Å². The van der Waals surface area contributed by atoms with Gasteiger partial charge in [-0.1, -0.05) is 0 Å². The topological polar surface area (TPSA) is 26.3 Å². The number of hydrogen-bond donors (Lipinski definition) is 0. The van der Waals surface area contributed by atoms with Crippen LogP contribution in [0.4, 0.5) is 0 Å². The van der Waals surface area contributed by atoms with Crippen LogP contribution in [0.1, 0.15) is 10.4 Å². The summed E-state index contributed by atoms with van der Waals surface area (Å²) in [5, 5.41) is 0. The normalized spacial score (nSPS) is 9.79. The van der Waals surface area contributed by atoms with E-state index in [4.69, 9.17) is 4.74 Å². The molecule has 0 aromatic heterocycles. The summed E-state index contributed by atoms with van der Waals surface area (Å²) < 4.78 is 5.57. The molecule has 3 heteroatoms. The number of carbonyl (C=O) groups excluding carboxylic acids is 1. The molecule has 0 aliphatic rings. The zero-order valence-corrected chi connectivity index (χ0v) is 10.2. The van der Waals surface area contributed by atoms with Crippen molar-refractivity contribution in [3.05, 3.63) is 42.5 Å². The number of ether oxygens (including phenoxy) is 1. The first-order chi connectivity index (χ1) is 6.77. The molecule has 0 amide bonds. The Balaban J connectivity index is 2.68. The van der Waals surface area contributed by atoms with E-state index in [0.29, 0.717) is 6.61 Å². The first-order valence-corrected chi connectivity index (χ1v) is 7.39. The average Bonchev–Trinajstić information content (AvgIpc) is 2.26. The van der Waals surface area contributed by atoms with Gasteiger partial charge in [0.15, 0.2) is 0 Å². The van der Waals surface area contributed by atoms with E-state index in [1.165, 1.54) is 0 Å². The van der Waals surface area contributed by atoms with Gasteiger partial charge in [0.05, 0.1) is 0 Å². The van der Waals surface area contributed by atoms with Gasteiger partial charge in [0.2, 0.25) is 0 Å². The van der Waals surface area contributed by atoms with Crippen molar-refractivity contribution in [3.63, 3.8) is 0 Å². The summed E-state index contributed by atoms with van der Waals surface area (Å²) >= 11 is -0.351. The summed E-state index contributed by atoms with van der Waals surface area (Å²) in [5.41, 5.74) is 0.784. The van der Waals surface area contributed by atoms with Crippen LogP contribution < -0.4 is 25.9 Å². The van der Waals surface area contributed by atoms with Gasteiger partial charge in [0.25, 0.3) is 0 Å². The fourth-order valence-electron chi connectivity index (χ4n) is 0.946. The number of hydrogen-bond acceptors (Lipinski definition) is 2. The van der Waals surface area contributed by atoms with Crippen molar-refractivity contribution >= 4 is 3.79 Å². The first kappa shape index (κ1) is 11.2. The van der Waals surface area contributed by atoms with Crippen molar-refractivity contribution in [3.8, 4) is 5.75 Å². The summed E-state index contributed by atoms with van der Waals surface area (Å²) in [4.78, 5) is 13.3. The molecule has 14 heavy (non-hydrogen) atoms. The second-order valence-electron chi connectivity index (χ2n) is 2.59. The molecule has 0 unspecified atom stereocenters. The second kappa shape index (κ2) is 5.80. The molecule has 0 saturated heterocycles. The van der Waals surface area contributed by atoms with E-state index in [0.717, 1.165) is 11.3 Å². The summed E-state index contributed by atoms with van der Waals surface area (Å²) in [5.74, 6) is 0.774. The average molecular weight is 303 g/mol. The Labute approximate surface area is 94.2 Å². The number of halogens is 1. The number of benzene rings is 1. The quantitative estimate of drug-likeness (QED) is 0.305. The molecule has 0 N–H and O–H groups in total. The molecule has 1 aromatic rings. The van der Waals surface area contributed by atoms with Crippen molar-refractivity contribution in [2.45, 2.75) is 0 Å². The molecule has 76 valence electrons. The van der Waals surface area contributed by atoms with Gasteiger partial charge in [0, 0.05) is 0 Å². The molecule has 0 fully saturated rings. The van der Waals surface area contributed by atoms with Gasteiger partial charge in [-0.05, 0) is 0 Å². The van der Waals surface area contributed by atoms with Crippen LogP contribution in [0.5, 0.6) is 5.75 Å². The standard InChI is InChI=1S/C11H12IO2/c1-3-8-14-10-6-4-9(5-7-10)11(13)12-2/h3-7H,1,8H2,2H3/q-1. The van der Waals surface area contributed by atoms with Gasteiger partial charge in [-0.2, -0.15) is 0 Å². The third kappa shape index (κ3) is 3.14. The van der Waals surface area contributed by atoms with Gasteiger partial charge in [0.1, 0.15) is 0 Å². The fourth-order valence-corrected chi connectivity index (χ4v) is 1.93. The van der Waals surface area contributed by atoms with Gasteiger partial charge in [-0.3, -0.25) is 0 Å². The molecule has 0 atom stereocenters. The third-order valence-electron chi connectivity index (χ3n) is 1.62. The predicted octanol–water partition coefficient (Wildman–Crippen LogP) is -0.890. The minimum atomic E-state index is -0.351. The molecule has 0 aliphatic carbocycles. The molecule has 0 radical (unpaired) electrons. The van der Waals surface area contributed by atoms with Crippen molar-refractivity contribution in [1.29, 1.82) is 0 Å². The van der Waals surface area contributed by atoms with Gasteiger partial charge in [-0.25, -0.2) is 0 Å². The van der Waals surface area contributed by atoms with E-state index in [2.05, 4.69) is 6.58 Å². The Bertz CT molecular complexity index is 317. The van der Waals surface area contributed by atoms with Crippen LogP contribution in [0.2, 0.25) is 0 Å². The van der Waals surface area contributed by atoms with E-state index in [1.807, 2.05) is 29.2 Å². The van der Waals surface area contributed by atoms with Crippen LogP contribution >= 0.6 is 0 Å². The molecular formula is C11H12IO2-. The number of carbonyl (C=O) groups is 1. The summed E-state index contributed by atoms with van der Waals surface area (Å²) in [6.07, 6.45) is 1.69. The molecule has 0 bridgehead atoms. The van der Waals surface area contributed by atoms with Crippen molar-refractivity contribution in [2.75, 3.05) is 11.5 Å². The van der Waals surface area contributed by atoms with Gasteiger partial charge in [-0.15, -0.1) is 0 Å². The number of alkyl halides is 1. The molecular weight excluding hydrogens is 291 g/mol. The van der Waals surface area contributed by atoms with Crippen LogP contribution in [0.25, 0.3) is 0 Å². The van der Waals surface area contributed by atoms with E-state index < -0.39 is 0 Å². The maximum atomic E-state index is 11.3. The van der Waals surface area contributed by atoms with E-state index >= 15 is 0 Å². The van der Waals surface area contributed by atoms with Crippen LogP contribution in [0.15, 0.2) is 36.9 Å².